The van der Waals surface area contributed by atoms with E-state index in [4.69, 9.17) is 10.4 Å². The van der Waals surface area contributed by atoms with Gasteiger partial charge in [-0.3, -0.25) is 4.57 Å². The molecule has 2 heterocycles. The van der Waals surface area contributed by atoms with Gasteiger partial charge in [0.05, 0.1) is 23.9 Å². The zero-order valence-electron chi connectivity index (χ0n) is 17.3. The number of nitrogens with zero attached hydrogens (tertiary/aromatic N) is 6. The number of fused-ring (bicyclic) bond motifs is 3. The van der Waals surface area contributed by atoms with E-state index in [1.54, 1.807) is 0 Å². The highest BCUT2D eigenvalue weighted by molar-refractivity contribution is 6.15. The van der Waals surface area contributed by atoms with Crippen LogP contribution >= 0.6 is 0 Å². The lowest BCUT2D eigenvalue weighted by atomic mass is 9.99. The van der Waals surface area contributed by atoms with Gasteiger partial charge in [0.15, 0.2) is 0 Å². The first-order valence-electron chi connectivity index (χ1n) is 10.1. The molecule has 6 heteroatoms. The summed E-state index contributed by atoms with van der Waals surface area (Å²) in [6.45, 7) is 4.54. The quantitative estimate of drug-likeness (QED) is 0.503. The van der Waals surface area contributed by atoms with E-state index in [0.29, 0.717) is 18.1 Å². The van der Waals surface area contributed by atoms with Gasteiger partial charge >= 0.3 is 0 Å². The average molecular weight is 404 g/mol. The number of hydrogen-bond acceptors (Lipinski definition) is 5. The minimum Gasteiger partial charge on any atom is -0.263 e. The molecule has 0 atom stereocenters. The van der Waals surface area contributed by atoms with Crippen LogP contribution in [0, 0.1) is 25.2 Å². The van der Waals surface area contributed by atoms with E-state index in [1.807, 2.05) is 54.4 Å². The molecular weight excluding hydrogens is 384 g/mol. The lowest BCUT2D eigenvalue weighted by molar-refractivity contribution is 0.796. The van der Waals surface area contributed by atoms with Crippen molar-refractivity contribution >= 4 is 11.7 Å². The monoisotopic (exact) mass is 404 g/mol. The molecule has 0 fully saturated rings. The normalized spacial score (nSPS) is 12.4. The summed E-state index contributed by atoms with van der Waals surface area (Å²) in [4.78, 5) is 0. The van der Waals surface area contributed by atoms with Crippen LogP contribution in [0.25, 0.3) is 5.69 Å². The molecule has 0 radical (unpaired) electrons. The molecule has 1 aliphatic heterocycles. The Kier molecular flexibility index (Phi) is 4.57. The predicted octanol–water partition coefficient (Wildman–Crippen LogP) is 4.53. The molecule has 0 unspecified atom stereocenters. The summed E-state index contributed by atoms with van der Waals surface area (Å²) in [5.41, 5.74) is 6.79. The van der Waals surface area contributed by atoms with Crippen LogP contribution in [0.1, 0.15) is 33.6 Å². The third-order valence-corrected chi connectivity index (χ3v) is 5.37. The first kappa shape index (κ1) is 18.8. The molecule has 1 aliphatic rings. The molecule has 1 aromatic heterocycles. The minimum absolute atomic E-state index is 0.507. The maximum absolute atomic E-state index is 9.10. The van der Waals surface area contributed by atoms with E-state index in [1.165, 1.54) is 0 Å². The molecule has 4 aromatic rings. The van der Waals surface area contributed by atoms with Crippen molar-refractivity contribution in [2.75, 3.05) is 5.01 Å². The molecule has 5 rings (SSSR count). The highest BCUT2D eigenvalue weighted by Crippen LogP contribution is 2.31. The fourth-order valence-corrected chi connectivity index (χ4v) is 3.82. The Morgan fingerprint density at radius 2 is 1.68 bits per heavy atom. The number of aryl methyl sites for hydroxylation is 2. The fourth-order valence-electron chi connectivity index (χ4n) is 3.82. The van der Waals surface area contributed by atoms with Crippen molar-refractivity contribution in [3.63, 3.8) is 0 Å². The van der Waals surface area contributed by atoms with E-state index < -0.39 is 0 Å². The zero-order valence-corrected chi connectivity index (χ0v) is 17.3. The first-order valence-corrected chi connectivity index (χ1v) is 10.1. The second-order valence-electron chi connectivity index (χ2n) is 7.58. The summed E-state index contributed by atoms with van der Waals surface area (Å²) in [5, 5.41) is 24.9. The Hall–Kier alpha value is -4.24. The summed E-state index contributed by atoms with van der Waals surface area (Å²) in [7, 11) is 0. The van der Waals surface area contributed by atoms with Crippen LogP contribution in [-0.4, -0.2) is 20.5 Å². The maximum Gasteiger partial charge on any atom is 0.252 e. The summed E-state index contributed by atoms with van der Waals surface area (Å²) < 4.78 is 2.06. The topological polar surface area (TPSA) is 70.1 Å². The van der Waals surface area contributed by atoms with Crippen molar-refractivity contribution in [3.05, 3.63) is 106 Å². The molecule has 0 spiro atoms. The van der Waals surface area contributed by atoms with Gasteiger partial charge in [0.25, 0.3) is 5.95 Å². The molecule has 0 saturated heterocycles. The van der Waals surface area contributed by atoms with Crippen molar-refractivity contribution in [2.24, 2.45) is 5.10 Å². The van der Waals surface area contributed by atoms with E-state index in [2.05, 4.69) is 58.1 Å². The van der Waals surface area contributed by atoms with E-state index >= 15 is 0 Å². The minimum atomic E-state index is 0.507. The van der Waals surface area contributed by atoms with Crippen molar-refractivity contribution in [1.82, 2.24) is 14.8 Å². The molecule has 0 saturated carbocycles. The summed E-state index contributed by atoms with van der Waals surface area (Å²) in [6, 6.07) is 26.3. The van der Waals surface area contributed by atoms with Gasteiger partial charge in [-0.15, -0.1) is 10.2 Å². The van der Waals surface area contributed by atoms with Crippen molar-refractivity contribution in [2.45, 2.75) is 20.4 Å². The predicted molar refractivity (Wildman–Crippen MR) is 120 cm³/mol. The van der Waals surface area contributed by atoms with Gasteiger partial charge in [-0.05, 0) is 43.2 Å². The number of hydrazone groups is 1. The van der Waals surface area contributed by atoms with Crippen molar-refractivity contribution in [1.29, 1.82) is 5.26 Å². The second kappa shape index (κ2) is 7.54. The van der Waals surface area contributed by atoms with Crippen LogP contribution in [0.2, 0.25) is 0 Å². The number of anilines is 1. The van der Waals surface area contributed by atoms with Gasteiger partial charge in [0, 0.05) is 11.1 Å². The Morgan fingerprint density at radius 3 is 2.42 bits per heavy atom. The Balaban J connectivity index is 1.71. The average Bonchev–Trinajstić information content (AvgIpc) is 3.13. The maximum atomic E-state index is 9.10. The van der Waals surface area contributed by atoms with E-state index in [-0.39, 0.29) is 0 Å². The lowest BCUT2D eigenvalue weighted by Gasteiger charge is -2.18. The van der Waals surface area contributed by atoms with Crippen LogP contribution < -0.4 is 5.01 Å². The van der Waals surface area contributed by atoms with E-state index in [9.17, 15) is 0 Å². The van der Waals surface area contributed by atoms with Crippen LogP contribution in [0.3, 0.4) is 0 Å². The molecular formula is C25H20N6. The fraction of sp³-hybridized carbons (Fsp3) is 0.120. The van der Waals surface area contributed by atoms with Crippen LogP contribution in [-0.2, 0) is 6.54 Å². The van der Waals surface area contributed by atoms with Gasteiger partial charge in [-0.25, -0.2) is 5.01 Å². The third kappa shape index (κ3) is 3.36. The molecule has 6 nitrogen and oxygen atoms in total. The zero-order chi connectivity index (χ0) is 21.4. The highest BCUT2D eigenvalue weighted by atomic mass is 15.6. The van der Waals surface area contributed by atoms with Crippen LogP contribution in [0.4, 0.5) is 5.95 Å². The highest BCUT2D eigenvalue weighted by Gasteiger charge is 2.26. The number of aromatic nitrogens is 3. The first-order chi connectivity index (χ1) is 15.1. The number of rotatable bonds is 3. The van der Waals surface area contributed by atoms with Gasteiger partial charge in [0.2, 0.25) is 0 Å². The van der Waals surface area contributed by atoms with Crippen molar-refractivity contribution in [3.8, 4) is 11.8 Å². The second-order valence-corrected chi connectivity index (χ2v) is 7.58. The van der Waals surface area contributed by atoms with Crippen LogP contribution in [0.15, 0.2) is 77.9 Å². The molecule has 0 aliphatic carbocycles. The Labute approximate surface area is 180 Å². The molecule has 0 N–H and O–H groups in total. The molecule has 31 heavy (non-hydrogen) atoms. The smallest absolute Gasteiger partial charge is 0.252 e. The largest absolute Gasteiger partial charge is 0.263 e. The standard InChI is InChI=1S/C25H20N6/c1-17-8-13-22-23(14-17)31-18(2)27-28-25(31)30(16-20-11-9-19(15-26)10-12-20)29-24(22)21-6-4-3-5-7-21/h3-14H,16H2,1-2H3. The van der Waals surface area contributed by atoms with Gasteiger partial charge in [0.1, 0.15) is 11.5 Å². The lowest BCUT2D eigenvalue weighted by Crippen LogP contribution is -2.20. The number of hydrogen-bond donors (Lipinski definition) is 0. The van der Waals surface area contributed by atoms with Crippen molar-refractivity contribution < 1.29 is 0 Å². The molecule has 0 bridgehead atoms. The molecule has 3 aromatic carbocycles. The van der Waals surface area contributed by atoms with Crippen LogP contribution in [0.5, 0.6) is 0 Å². The SMILES string of the molecule is Cc1ccc2c(c1)-n1c(C)nnc1N(Cc1ccc(C#N)cc1)N=C2c1ccccc1. The van der Waals surface area contributed by atoms with Gasteiger partial charge in [-0.2, -0.15) is 10.4 Å². The molecule has 150 valence electrons. The Bertz CT molecular complexity index is 1330. The third-order valence-electron chi connectivity index (χ3n) is 5.37. The summed E-state index contributed by atoms with van der Waals surface area (Å²) in [5.74, 6) is 1.47. The number of benzene rings is 3. The van der Waals surface area contributed by atoms with Gasteiger partial charge in [-0.1, -0.05) is 54.6 Å². The molecule has 0 amide bonds. The number of nitriles is 1. The van der Waals surface area contributed by atoms with Gasteiger partial charge < -0.3 is 0 Å². The van der Waals surface area contributed by atoms with E-state index in [0.717, 1.165) is 39.5 Å². The Morgan fingerprint density at radius 1 is 0.903 bits per heavy atom. The summed E-state index contributed by atoms with van der Waals surface area (Å²) >= 11 is 0. The summed E-state index contributed by atoms with van der Waals surface area (Å²) in [6.07, 6.45) is 0.